The Morgan fingerprint density at radius 2 is 1.60 bits per heavy atom. The number of hydrogen-bond donors (Lipinski definition) is 0. The molecule has 0 saturated carbocycles. The number of rotatable bonds is 3. The molecule has 0 aliphatic carbocycles. The number of benzene rings is 1. The zero-order chi connectivity index (χ0) is 13.8. The molecule has 0 unspecified atom stereocenters. The van der Waals surface area contributed by atoms with Gasteiger partial charge in [0.1, 0.15) is 0 Å². The predicted molar refractivity (Wildman–Crippen MR) is 84.4 cm³/mol. The Kier molecular flexibility index (Phi) is 3.88. The molecule has 0 radical (unpaired) electrons. The van der Waals surface area contributed by atoms with E-state index in [0.717, 1.165) is 27.8 Å². The summed E-state index contributed by atoms with van der Waals surface area (Å²) in [4.78, 5) is 8.80. The van der Waals surface area contributed by atoms with Gasteiger partial charge in [-0.3, -0.25) is 9.97 Å². The standard InChI is InChI=1S/C17H13BrN2/c18-15-6-7-16(14-8-10-19-11-9-14)20-17(15)12-13-4-2-1-3-5-13/h1-11H,12H2. The van der Waals surface area contributed by atoms with Gasteiger partial charge in [0.2, 0.25) is 0 Å². The maximum Gasteiger partial charge on any atom is 0.0707 e. The topological polar surface area (TPSA) is 25.8 Å². The van der Waals surface area contributed by atoms with E-state index in [-0.39, 0.29) is 0 Å². The molecule has 2 nitrogen and oxygen atoms in total. The lowest BCUT2D eigenvalue weighted by Gasteiger charge is -2.07. The lowest BCUT2D eigenvalue weighted by atomic mass is 10.1. The summed E-state index contributed by atoms with van der Waals surface area (Å²) < 4.78 is 1.04. The Balaban J connectivity index is 1.95. The summed E-state index contributed by atoms with van der Waals surface area (Å²) in [5, 5.41) is 0. The zero-order valence-electron chi connectivity index (χ0n) is 10.8. The molecule has 0 amide bonds. The molecule has 0 N–H and O–H groups in total. The van der Waals surface area contributed by atoms with Gasteiger partial charge in [0.15, 0.2) is 0 Å². The van der Waals surface area contributed by atoms with Gasteiger partial charge in [-0.2, -0.15) is 0 Å². The van der Waals surface area contributed by atoms with Crippen LogP contribution in [0.15, 0.2) is 71.5 Å². The van der Waals surface area contributed by atoms with Crippen molar-refractivity contribution in [1.29, 1.82) is 0 Å². The highest BCUT2D eigenvalue weighted by Gasteiger charge is 2.06. The van der Waals surface area contributed by atoms with Crippen LogP contribution < -0.4 is 0 Å². The average Bonchev–Trinajstić information content (AvgIpc) is 2.51. The van der Waals surface area contributed by atoms with E-state index in [1.54, 1.807) is 12.4 Å². The van der Waals surface area contributed by atoms with E-state index in [1.807, 2.05) is 24.3 Å². The molecule has 0 bridgehead atoms. The van der Waals surface area contributed by atoms with Crippen molar-refractivity contribution in [1.82, 2.24) is 9.97 Å². The highest BCUT2D eigenvalue weighted by molar-refractivity contribution is 9.10. The number of pyridine rings is 2. The third-order valence-corrected chi connectivity index (χ3v) is 3.83. The summed E-state index contributed by atoms with van der Waals surface area (Å²) in [7, 11) is 0. The molecule has 98 valence electrons. The molecular formula is C17H13BrN2. The van der Waals surface area contributed by atoms with Crippen molar-refractivity contribution in [3.05, 3.63) is 82.7 Å². The number of hydrogen-bond acceptors (Lipinski definition) is 2. The molecule has 2 heterocycles. The average molecular weight is 325 g/mol. The Hall–Kier alpha value is -2.00. The van der Waals surface area contributed by atoms with E-state index >= 15 is 0 Å². The van der Waals surface area contributed by atoms with Gasteiger partial charge in [0.05, 0.1) is 11.4 Å². The number of halogens is 1. The Bertz CT molecular complexity index is 697. The van der Waals surface area contributed by atoms with E-state index in [9.17, 15) is 0 Å². The van der Waals surface area contributed by atoms with Crippen LogP contribution in [-0.4, -0.2) is 9.97 Å². The van der Waals surface area contributed by atoms with E-state index in [4.69, 9.17) is 4.98 Å². The molecule has 0 fully saturated rings. The first-order valence-corrected chi connectivity index (χ1v) is 7.22. The van der Waals surface area contributed by atoms with Gasteiger partial charge in [0.25, 0.3) is 0 Å². The summed E-state index contributed by atoms with van der Waals surface area (Å²) in [6, 6.07) is 18.4. The molecule has 1 aromatic carbocycles. The first-order chi connectivity index (χ1) is 9.83. The summed E-state index contributed by atoms with van der Waals surface area (Å²) in [6.45, 7) is 0. The quantitative estimate of drug-likeness (QED) is 0.709. The fourth-order valence-electron chi connectivity index (χ4n) is 2.08. The van der Waals surface area contributed by atoms with E-state index in [1.165, 1.54) is 5.56 Å². The van der Waals surface area contributed by atoms with Gasteiger partial charge in [-0.05, 0) is 45.8 Å². The third kappa shape index (κ3) is 2.94. The summed E-state index contributed by atoms with van der Waals surface area (Å²) in [6.07, 6.45) is 4.40. The predicted octanol–water partition coefficient (Wildman–Crippen LogP) is 4.50. The molecule has 3 rings (SSSR count). The van der Waals surface area contributed by atoms with Gasteiger partial charge in [-0.1, -0.05) is 30.3 Å². The lowest BCUT2D eigenvalue weighted by Crippen LogP contribution is -1.96. The highest BCUT2D eigenvalue weighted by Crippen LogP contribution is 2.23. The second-order valence-electron chi connectivity index (χ2n) is 4.52. The van der Waals surface area contributed by atoms with E-state index < -0.39 is 0 Å². The van der Waals surface area contributed by atoms with Crippen LogP contribution in [0, 0.1) is 0 Å². The molecule has 2 aromatic heterocycles. The van der Waals surface area contributed by atoms with Crippen LogP contribution in [0.5, 0.6) is 0 Å². The number of nitrogens with zero attached hydrogens (tertiary/aromatic N) is 2. The van der Waals surface area contributed by atoms with Crippen molar-refractivity contribution in [3.8, 4) is 11.3 Å². The van der Waals surface area contributed by atoms with Crippen molar-refractivity contribution in [2.45, 2.75) is 6.42 Å². The minimum atomic E-state index is 0.820. The maximum atomic E-state index is 4.76. The molecule has 0 aliphatic heterocycles. The van der Waals surface area contributed by atoms with Crippen LogP contribution in [-0.2, 0) is 6.42 Å². The molecule has 3 aromatic rings. The fraction of sp³-hybridized carbons (Fsp3) is 0.0588. The zero-order valence-corrected chi connectivity index (χ0v) is 12.4. The Morgan fingerprint density at radius 1 is 0.850 bits per heavy atom. The third-order valence-electron chi connectivity index (χ3n) is 3.11. The normalized spacial score (nSPS) is 10.4. The first-order valence-electron chi connectivity index (χ1n) is 6.43. The molecular weight excluding hydrogens is 312 g/mol. The molecule has 0 saturated heterocycles. The van der Waals surface area contributed by atoms with Crippen LogP contribution in [0.1, 0.15) is 11.3 Å². The van der Waals surface area contributed by atoms with Crippen LogP contribution in [0.25, 0.3) is 11.3 Å². The first kappa shape index (κ1) is 13.0. The van der Waals surface area contributed by atoms with Gasteiger partial charge in [-0.15, -0.1) is 0 Å². The van der Waals surface area contributed by atoms with E-state index in [2.05, 4.69) is 51.2 Å². The van der Waals surface area contributed by atoms with Crippen molar-refractivity contribution in [2.75, 3.05) is 0 Å². The van der Waals surface area contributed by atoms with Gasteiger partial charge < -0.3 is 0 Å². The Morgan fingerprint density at radius 3 is 2.35 bits per heavy atom. The SMILES string of the molecule is Brc1ccc(-c2ccncc2)nc1Cc1ccccc1. The Labute approximate surface area is 126 Å². The summed E-state index contributed by atoms with van der Waals surface area (Å²) in [5.41, 5.74) is 4.36. The molecule has 20 heavy (non-hydrogen) atoms. The van der Waals surface area contributed by atoms with Crippen molar-refractivity contribution < 1.29 is 0 Å². The monoisotopic (exact) mass is 324 g/mol. The molecule has 3 heteroatoms. The number of aromatic nitrogens is 2. The van der Waals surface area contributed by atoms with Crippen molar-refractivity contribution in [2.24, 2.45) is 0 Å². The lowest BCUT2D eigenvalue weighted by molar-refractivity contribution is 1.06. The molecule has 0 atom stereocenters. The van der Waals surface area contributed by atoms with E-state index in [0.29, 0.717) is 0 Å². The fourth-order valence-corrected chi connectivity index (χ4v) is 2.44. The van der Waals surface area contributed by atoms with Gasteiger partial charge in [-0.25, -0.2) is 0 Å². The van der Waals surface area contributed by atoms with Crippen LogP contribution in [0.4, 0.5) is 0 Å². The van der Waals surface area contributed by atoms with Gasteiger partial charge >= 0.3 is 0 Å². The van der Waals surface area contributed by atoms with Crippen LogP contribution in [0.2, 0.25) is 0 Å². The van der Waals surface area contributed by atoms with Gasteiger partial charge in [0, 0.05) is 28.9 Å². The second-order valence-corrected chi connectivity index (χ2v) is 5.38. The smallest absolute Gasteiger partial charge is 0.0707 e. The molecule has 0 aliphatic rings. The van der Waals surface area contributed by atoms with Crippen LogP contribution >= 0.6 is 15.9 Å². The molecule has 0 spiro atoms. The van der Waals surface area contributed by atoms with Crippen molar-refractivity contribution in [3.63, 3.8) is 0 Å². The maximum absolute atomic E-state index is 4.76. The van der Waals surface area contributed by atoms with Crippen molar-refractivity contribution >= 4 is 15.9 Å². The minimum Gasteiger partial charge on any atom is -0.265 e. The largest absolute Gasteiger partial charge is 0.265 e. The summed E-state index contributed by atoms with van der Waals surface area (Å²) >= 11 is 3.59. The minimum absolute atomic E-state index is 0.820. The highest BCUT2D eigenvalue weighted by atomic mass is 79.9. The second kappa shape index (κ2) is 5.97. The van der Waals surface area contributed by atoms with Crippen LogP contribution in [0.3, 0.4) is 0 Å². The summed E-state index contributed by atoms with van der Waals surface area (Å²) in [5.74, 6) is 0.